The van der Waals surface area contributed by atoms with E-state index >= 15 is 0 Å². The molecule has 2 rings (SSSR count). The summed E-state index contributed by atoms with van der Waals surface area (Å²) in [4.78, 5) is 16.0. The van der Waals surface area contributed by atoms with Crippen molar-refractivity contribution in [1.82, 2.24) is 9.80 Å². The average Bonchev–Trinajstić information content (AvgIpc) is 2.73. The van der Waals surface area contributed by atoms with Gasteiger partial charge in [0.05, 0.1) is 6.54 Å². The second-order valence-corrected chi connectivity index (χ2v) is 4.91. The number of hydrogen-bond acceptors (Lipinski definition) is 3. The maximum Gasteiger partial charge on any atom is 0.236 e. The van der Waals surface area contributed by atoms with Gasteiger partial charge < -0.3 is 10.6 Å². The Morgan fingerprint density at radius 1 is 1.00 bits per heavy atom. The van der Waals surface area contributed by atoms with E-state index in [4.69, 9.17) is 5.73 Å². The topological polar surface area (TPSA) is 49.6 Å². The van der Waals surface area contributed by atoms with Gasteiger partial charge in [-0.05, 0) is 19.3 Å². The second-order valence-electron chi connectivity index (χ2n) is 4.91. The zero-order valence-electron chi connectivity index (χ0n) is 10.8. The molecule has 1 amide bonds. The number of hydrogen-bond donors (Lipinski definition) is 1. The number of nitrogens with zero attached hydrogens (tertiary/aromatic N) is 2. The number of carbonyl (C=O) groups excluding carboxylic acids is 1. The van der Waals surface area contributed by atoms with Crippen molar-refractivity contribution >= 4 is 30.7 Å². The summed E-state index contributed by atoms with van der Waals surface area (Å²) in [6, 6.07) is 0.785. The Morgan fingerprint density at radius 3 is 2.28 bits per heavy atom. The van der Waals surface area contributed by atoms with Gasteiger partial charge in [-0.15, -0.1) is 24.8 Å². The lowest BCUT2D eigenvalue weighted by atomic mass is 10.2. The summed E-state index contributed by atoms with van der Waals surface area (Å²) in [5, 5.41) is 0. The van der Waals surface area contributed by atoms with E-state index in [1.54, 1.807) is 0 Å². The van der Waals surface area contributed by atoms with Crippen LogP contribution in [0.25, 0.3) is 0 Å². The van der Waals surface area contributed by atoms with Crippen LogP contribution in [-0.2, 0) is 4.79 Å². The predicted octanol–water partition coefficient (Wildman–Crippen LogP) is 1.27. The van der Waals surface area contributed by atoms with E-state index in [1.807, 2.05) is 4.90 Å². The van der Waals surface area contributed by atoms with Gasteiger partial charge in [0.1, 0.15) is 0 Å². The monoisotopic (exact) mass is 297 g/mol. The van der Waals surface area contributed by atoms with Crippen LogP contribution >= 0.6 is 24.8 Å². The minimum absolute atomic E-state index is 0. The van der Waals surface area contributed by atoms with E-state index in [2.05, 4.69) is 4.90 Å². The molecule has 0 bridgehead atoms. The molecule has 108 valence electrons. The van der Waals surface area contributed by atoms with Gasteiger partial charge in [0, 0.05) is 32.2 Å². The molecule has 1 saturated heterocycles. The van der Waals surface area contributed by atoms with Crippen molar-refractivity contribution in [1.29, 1.82) is 0 Å². The van der Waals surface area contributed by atoms with Gasteiger partial charge in [0.25, 0.3) is 0 Å². The first-order chi connectivity index (χ1) is 7.81. The predicted molar refractivity (Wildman–Crippen MR) is 78.6 cm³/mol. The molecule has 2 fully saturated rings. The van der Waals surface area contributed by atoms with Gasteiger partial charge in [0.15, 0.2) is 0 Å². The third kappa shape index (κ3) is 4.57. The van der Waals surface area contributed by atoms with Gasteiger partial charge in [-0.3, -0.25) is 9.69 Å². The van der Waals surface area contributed by atoms with Crippen molar-refractivity contribution in [3.05, 3.63) is 0 Å². The van der Waals surface area contributed by atoms with Crippen LogP contribution in [0.4, 0.5) is 0 Å². The summed E-state index contributed by atoms with van der Waals surface area (Å²) in [7, 11) is 0. The molecule has 0 aromatic heterocycles. The van der Waals surface area contributed by atoms with Crippen molar-refractivity contribution < 1.29 is 4.79 Å². The van der Waals surface area contributed by atoms with Crippen LogP contribution in [0, 0.1) is 0 Å². The van der Waals surface area contributed by atoms with Crippen LogP contribution in [0.5, 0.6) is 0 Å². The smallest absolute Gasteiger partial charge is 0.236 e. The average molecular weight is 298 g/mol. The Labute approximate surface area is 122 Å². The minimum Gasteiger partial charge on any atom is -0.340 e. The molecule has 0 aromatic carbocycles. The lowest BCUT2D eigenvalue weighted by Gasteiger charge is -2.27. The summed E-state index contributed by atoms with van der Waals surface area (Å²) in [5.41, 5.74) is 5.41. The highest BCUT2D eigenvalue weighted by atomic mass is 35.5. The van der Waals surface area contributed by atoms with Crippen LogP contribution in [0.3, 0.4) is 0 Å². The number of carbonyl (C=O) groups is 1. The first-order valence-corrected chi connectivity index (χ1v) is 6.53. The maximum atomic E-state index is 11.5. The molecule has 18 heavy (non-hydrogen) atoms. The molecule has 0 aromatic rings. The lowest BCUT2D eigenvalue weighted by molar-refractivity contribution is -0.129. The number of rotatable bonds is 2. The Balaban J connectivity index is 0.00000144. The molecule has 0 atom stereocenters. The summed E-state index contributed by atoms with van der Waals surface area (Å²) in [6.45, 7) is 4.10. The van der Waals surface area contributed by atoms with Gasteiger partial charge in [-0.2, -0.15) is 0 Å². The molecular formula is C12H25Cl2N3O. The van der Waals surface area contributed by atoms with Crippen molar-refractivity contribution in [3.63, 3.8) is 0 Å². The van der Waals surface area contributed by atoms with Crippen molar-refractivity contribution in [2.45, 2.75) is 38.1 Å². The van der Waals surface area contributed by atoms with Gasteiger partial charge >= 0.3 is 0 Å². The number of halogens is 2. The zero-order valence-corrected chi connectivity index (χ0v) is 12.5. The summed E-state index contributed by atoms with van der Waals surface area (Å²) in [6.07, 6.45) is 6.57. The third-order valence-corrected chi connectivity index (χ3v) is 3.90. The fraction of sp³-hybridized carbons (Fsp3) is 0.917. The fourth-order valence-corrected chi connectivity index (χ4v) is 2.95. The molecular weight excluding hydrogens is 273 g/mol. The zero-order chi connectivity index (χ0) is 11.4. The van der Waals surface area contributed by atoms with Crippen LogP contribution in [0.2, 0.25) is 0 Å². The quantitative estimate of drug-likeness (QED) is 0.835. The van der Waals surface area contributed by atoms with E-state index in [0.717, 1.165) is 38.6 Å². The lowest BCUT2D eigenvalue weighted by Crippen LogP contribution is -2.40. The fourth-order valence-electron chi connectivity index (χ4n) is 2.95. The van der Waals surface area contributed by atoms with E-state index in [1.165, 1.54) is 25.7 Å². The van der Waals surface area contributed by atoms with E-state index in [0.29, 0.717) is 0 Å². The van der Waals surface area contributed by atoms with Crippen molar-refractivity contribution in [2.24, 2.45) is 5.73 Å². The van der Waals surface area contributed by atoms with E-state index in [-0.39, 0.29) is 37.3 Å². The highest BCUT2D eigenvalue weighted by Gasteiger charge is 2.25. The van der Waals surface area contributed by atoms with E-state index in [9.17, 15) is 4.79 Å². The highest BCUT2D eigenvalue weighted by molar-refractivity contribution is 5.85. The SMILES string of the molecule is Cl.Cl.NCC(=O)N1CCCN(C2CCCC2)CC1. The Bertz CT molecular complexity index is 247. The third-order valence-electron chi connectivity index (χ3n) is 3.90. The molecule has 0 spiro atoms. The van der Waals surface area contributed by atoms with E-state index < -0.39 is 0 Å². The number of nitrogens with two attached hydrogens (primary N) is 1. The van der Waals surface area contributed by atoms with Crippen LogP contribution in [0.15, 0.2) is 0 Å². The Hall–Kier alpha value is -0.0300. The largest absolute Gasteiger partial charge is 0.340 e. The Kier molecular flexibility index (Phi) is 8.95. The minimum atomic E-state index is 0. The molecule has 1 heterocycles. The molecule has 6 heteroatoms. The molecule has 1 aliphatic heterocycles. The Morgan fingerprint density at radius 2 is 1.67 bits per heavy atom. The van der Waals surface area contributed by atoms with Crippen LogP contribution < -0.4 is 5.73 Å². The van der Waals surface area contributed by atoms with Crippen LogP contribution in [-0.4, -0.2) is 54.5 Å². The molecule has 1 saturated carbocycles. The second kappa shape index (κ2) is 8.97. The van der Waals surface area contributed by atoms with Gasteiger partial charge in [-0.1, -0.05) is 12.8 Å². The molecule has 2 N–H and O–H groups in total. The van der Waals surface area contributed by atoms with Crippen molar-refractivity contribution in [3.8, 4) is 0 Å². The summed E-state index contributed by atoms with van der Waals surface area (Å²) < 4.78 is 0. The first-order valence-electron chi connectivity index (χ1n) is 6.53. The molecule has 1 aliphatic carbocycles. The van der Waals surface area contributed by atoms with Gasteiger partial charge in [-0.25, -0.2) is 0 Å². The summed E-state index contributed by atoms with van der Waals surface area (Å²) >= 11 is 0. The molecule has 0 radical (unpaired) electrons. The first kappa shape index (κ1) is 18.0. The van der Waals surface area contributed by atoms with Crippen LogP contribution in [0.1, 0.15) is 32.1 Å². The van der Waals surface area contributed by atoms with Gasteiger partial charge in [0.2, 0.25) is 5.91 Å². The molecule has 2 aliphatic rings. The highest BCUT2D eigenvalue weighted by Crippen LogP contribution is 2.24. The maximum absolute atomic E-state index is 11.5. The normalized spacial score (nSPS) is 21.9. The molecule has 0 unspecified atom stereocenters. The standard InChI is InChI=1S/C12H23N3O.2ClH/c13-10-12(16)15-7-3-6-14(8-9-15)11-4-1-2-5-11;;/h11H,1-10,13H2;2*1H. The summed E-state index contributed by atoms with van der Waals surface area (Å²) in [5.74, 6) is 0.105. The molecule has 4 nitrogen and oxygen atoms in total. The van der Waals surface area contributed by atoms with Crippen molar-refractivity contribution in [2.75, 3.05) is 32.7 Å². The number of amides is 1.